The maximum atomic E-state index is 14.7. The molecule has 0 aliphatic rings. The molecule has 0 aliphatic carbocycles. The number of nitrogens with one attached hydrogen (secondary N) is 1. The number of benzene rings is 4. The van der Waals surface area contributed by atoms with E-state index in [4.69, 9.17) is 4.74 Å². The van der Waals surface area contributed by atoms with Gasteiger partial charge in [-0.05, 0) is 86.2 Å². The number of ether oxygens (including phenoxy) is 1. The second kappa shape index (κ2) is 17.6. The normalized spacial score (nSPS) is 12.5. The summed E-state index contributed by atoms with van der Waals surface area (Å²) < 4.78 is 36.6. The highest BCUT2D eigenvalue weighted by atomic mass is 79.9. The largest absolute Gasteiger partial charge is 0.492 e. The lowest BCUT2D eigenvalue weighted by molar-refractivity contribution is -0.140. The summed E-state index contributed by atoms with van der Waals surface area (Å²) in [7, 11) is -4.27. The van der Waals surface area contributed by atoms with Crippen molar-refractivity contribution in [3.05, 3.63) is 119 Å². The lowest BCUT2D eigenvalue weighted by Gasteiger charge is -2.34. The molecule has 0 aromatic heterocycles. The van der Waals surface area contributed by atoms with Crippen molar-refractivity contribution in [1.82, 2.24) is 10.2 Å². The van der Waals surface area contributed by atoms with Gasteiger partial charge < -0.3 is 15.0 Å². The number of amides is 2. The van der Waals surface area contributed by atoms with E-state index in [1.54, 1.807) is 48.5 Å². The molecule has 0 radical (unpaired) electrons. The minimum Gasteiger partial charge on any atom is -0.492 e. The molecule has 0 unspecified atom stereocenters. The van der Waals surface area contributed by atoms with Gasteiger partial charge in [0.2, 0.25) is 11.8 Å². The molecule has 0 saturated carbocycles. The minimum atomic E-state index is -4.27. The van der Waals surface area contributed by atoms with Crippen LogP contribution < -0.4 is 14.4 Å². The van der Waals surface area contributed by atoms with Crippen LogP contribution in [0.25, 0.3) is 0 Å². The van der Waals surface area contributed by atoms with Gasteiger partial charge in [-0.15, -0.1) is 11.8 Å². The van der Waals surface area contributed by atoms with E-state index in [0.29, 0.717) is 18.8 Å². The van der Waals surface area contributed by atoms with Crippen molar-refractivity contribution in [3.63, 3.8) is 0 Å². The summed E-state index contributed by atoms with van der Waals surface area (Å²) >= 11 is 5.02. The Labute approximate surface area is 297 Å². The number of para-hydroxylation sites is 2. The molecule has 0 aliphatic heterocycles. The number of sulfonamides is 1. The van der Waals surface area contributed by atoms with E-state index < -0.39 is 28.5 Å². The Balaban J connectivity index is 1.85. The first-order valence-corrected chi connectivity index (χ1v) is 19.3. The lowest BCUT2D eigenvalue weighted by atomic mass is 10.0. The molecule has 8 nitrogen and oxygen atoms in total. The Hall–Kier alpha value is -3.80. The minimum absolute atomic E-state index is 0.0355. The predicted octanol–water partition coefficient (Wildman–Crippen LogP) is 7.32. The Morgan fingerprint density at radius 3 is 2.21 bits per heavy atom. The molecule has 4 aromatic rings. The highest BCUT2D eigenvalue weighted by molar-refractivity contribution is 9.10. The second-order valence-electron chi connectivity index (χ2n) is 11.3. The molecule has 4 rings (SSSR count). The molecule has 0 heterocycles. The number of nitrogens with zero attached hydrogens (tertiary/aromatic N) is 2. The molecule has 0 fully saturated rings. The topological polar surface area (TPSA) is 96.0 Å². The molecule has 4 aromatic carbocycles. The Kier molecular flexibility index (Phi) is 13.5. The maximum Gasteiger partial charge on any atom is 0.264 e. The molecule has 254 valence electrons. The zero-order valence-electron chi connectivity index (χ0n) is 27.6. The van der Waals surface area contributed by atoms with E-state index in [9.17, 15) is 18.0 Å². The molecule has 0 bridgehead atoms. The smallest absolute Gasteiger partial charge is 0.264 e. The van der Waals surface area contributed by atoms with Crippen molar-refractivity contribution in [2.24, 2.45) is 0 Å². The molecule has 2 amide bonds. The number of carbonyl (C=O) groups is 2. The first-order valence-electron chi connectivity index (χ1n) is 15.8. The highest BCUT2D eigenvalue weighted by Crippen LogP contribution is 2.33. The van der Waals surface area contributed by atoms with Crippen molar-refractivity contribution in [2.75, 3.05) is 23.7 Å². The molecule has 0 saturated heterocycles. The van der Waals surface area contributed by atoms with Gasteiger partial charge in [-0.25, -0.2) is 8.42 Å². The number of hydrogen-bond donors (Lipinski definition) is 1. The van der Waals surface area contributed by atoms with Crippen LogP contribution in [0, 0.1) is 0 Å². The van der Waals surface area contributed by atoms with Crippen molar-refractivity contribution in [2.45, 2.75) is 62.0 Å². The van der Waals surface area contributed by atoms with Crippen molar-refractivity contribution in [3.8, 4) is 5.75 Å². The molecule has 0 spiro atoms. The van der Waals surface area contributed by atoms with Gasteiger partial charge in [0.25, 0.3) is 10.0 Å². The van der Waals surface area contributed by atoms with Gasteiger partial charge in [0.15, 0.2) is 0 Å². The quantitative estimate of drug-likeness (QED) is 0.121. The number of anilines is 1. The van der Waals surface area contributed by atoms with E-state index in [1.807, 2.05) is 81.6 Å². The molecule has 1 N–H and O–H groups in total. The average Bonchev–Trinajstić information content (AvgIpc) is 3.09. The van der Waals surface area contributed by atoms with E-state index in [-0.39, 0.29) is 35.5 Å². The van der Waals surface area contributed by atoms with Crippen LogP contribution in [0.5, 0.6) is 5.75 Å². The predicted molar refractivity (Wildman–Crippen MR) is 197 cm³/mol. The first-order chi connectivity index (χ1) is 23.1. The molecule has 2 atom stereocenters. The van der Waals surface area contributed by atoms with Crippen LogP contribution >= 0.6 is 27.7 Å². The van der Waals surface area contributed by atoms with Gasteiger partial charge in [-0.3, -0.25) is 13.9 Å². The number of hydrogen-bond acceptors (Lipinski definition) is 6. The highest BCUT2D eigenvalue weighted by Gasteiger charge is 2.36. The monoisotopic (exact) mass is 751 g/mol. The third-order valence-electron chi connectivity index (χ3n) is 7.87. The van der Waals surface area contributed by atoms with Crippen LogP contribution in [0.15, 0.2) is 117 Å². The summed E-state index contributed by atoms with van der Waals surface area (Å²) in [4.78, 5) is 31.2. The zero-order chi connectivity index (χ0) is 34.7. The fraction of sp³-hybridized carbons (Fsp3) is 0.297. The summed E-state index contributed by atoms with van der Waals surface area (Å²) in [6.45, 7) is 5.52. The molecular formula is C37H42BrN3O5S2. The lowest BCUT2D eigenvalue weighted by Crippen LogP contribution is -2.54. The number of halogens is 1. The van der Waals surface area contributed by atoms with E-state index in [0.717, 1.165) is 24.8 Å². The van der Waals surface area contributed by atoms with Crippen LogP contribution in [-0.2, 0) is 32.6 Å². The molecule has 48 heavy (non-hydrogen) atoms. The van der Waals surface area contributed by atoms with Crippen LogP contribution in [0.3, 0.4) is 0 Å². The van der Waals surface area contributed by atoms with Gasteiger partial charge >= 0.3 is 0 Å². The van der Waals surface area contributed by atoms with Gasteiger partial charge in [0, 0.05) is 28.4 Å². The fourth-order valence-electron chi connectivity index (χ4n) is 5.16. The van der Waals surface area contributed by atoms with Crippen molar-refractivity contribution >= 4 is 55.2 Å². The van der Waals surface area contributed by atoms with E-state index in [1.165, 1.54) is 16.7 Å². The summed E-state index contributed by atoms with van der Waals surface area (Å²) in [5, 5.41) is 3.06. The first kappa shape index (κ1) is 37.0. The summed E-state index contributed by atoms with van der Waals surface area (Å²) in [6.07, 6.45) is 2.86. The Morgan fingerprint density at radius 2 is 1.56 bits per heavy atom. The third-order valence-corrected chi connectivity index (χ3v) is 10.9. The van der Waals surface area contributed by atoms with E-state index in [2.05, 4.69) is 21.2 Å². The zero-order valence-corrected chi connectivity index (χ0v) is 30.9. The standard InChI is InChI=1S/C37H42BrN3O5S2/c1-5-27(3)39-37(43)34(24-28-13-8-7-9-14-28)40(25-29-15-12-16-30(38)23-29)36(42)26-41(33-17-10-11-18-35(33)46-6-2)48(44,45)32-21-19-31(47-4)20-22-32/h7-23,27,34H,5-6,24-26H2,1-4H3,(H,39,43)/t27-,34-/m0/s1. The fourth-order valence-corrected chi connectivity index (χ4v) is 7.44. The summed E-state index contributed by atoms with van der Waals surface area (Å²) in [6, 6.07) is 29.3. The summed E-state index contributed by atoms with van der Waals surface area (Å²) in [5.41, 5.74) is 1.88. The SMILES string of the molecule is CCOc1ccccc1N(CC(=O)N(Cc1cccc(Br)c1)[C@@H](Cc1ccccc1)C(=O)N[C@@H](C)CC)S(=O)(=O)c1ccc(SC)cc1. The second-order valence-corrected chi connectivity index (χ2v) is 14.9. The van der Waals surface area contributed by atoms with Crippen LogP contribution in [0.2, 0.25) is 0 Å². The van der Waals surface area contributed by atoms with Gasteiger partial charge in [-0.1, -0.05) is 77.5 Å². The number of rotatable bonds is 16. The number of carbonyl (C=O) groups excluding carboxylic acids is 2. The van der Waals surface area contributed by atoms with Crippen LogP contribution in [0.1, 0.15) is 38.3 Å². The Morgan fingerprint density at radius 1 is 0.896 bits per heavy atom. The average molecular weight is 753 g/mol. The van der Waals surface area contributed by atoms with Crippen molar-refractivity contribution in [1.29, 1.82) is 0 Å². The van der Waals surface area contributed by atoms with Crippen LogP contribution in [0.4, 0.5) is 5.69 Å². The van der Waals surface area contributed by atoms with Gasteiger partial charge in [-0.2, -0.15) is 0 Å². The van der Waals surface area contributed by atoms with Crippen molar-refractivity contribution < 1.29 is 22.7 Å². The van der Waals surface area contributed by atoms with Gasteiger partial charge in [0.05, 0.1) is 17.2 Å². The number of thioether (sulfide) groups is 1. The maximum absolute atomic E-state index is 14.7. The third kappa shape index (κ3) is 9.64. The molecular weight excluding hydrogens is 710 g/mol. The van der Waals surface area contributed by atoms with E-state index >= 15 is 0 Å². The summed E-state index contributed by atoms with van der Waals surface area (Å²) in [5.74, 6) is -0.523. The molecule has 11 heteroatoms. The van der Waals surface area contributed by atoms with Gasteiger partial charge in [0.1, 0.15) is 18.3 Å². The van der Waals surface area contributed by atoms with Crippen LogP contribution in [-0.4, -0.2) is 56.6 Å². The Bertz CT molecular complexity index is 1770.